The molecule has 2 rings (SSSR count). The number of carbonyl (C=O) groups excluding carboxylic acids is 1. The summed E-state index contributed by atoms with van der Waals surface area (Å²) in [6.07, 6.45) is 0. The molecule has 0 fully saturated rings. The lowest BCUT2D eigenvalue weighted by Gasteiger charge is -2.09. The molecular formula is C15H12O4. The smallest absolute Gasteiger partial charge is 0.338 e. The van der Waals surface area contributed by atoms with Gasteiger partial charge in [0.25, 0.3) is 0 Å². The van der Waals surface area contributed by atoms with Crippen molar-refractivity contribution in [3.8, 4) is 5.75 Å². The Balaban J connectivity index is 2.59. The van der Waals surface area contributed by atoms with Crippen molar-refractivity contribution in [1.29, 1.82) is 0 Å². The van der Waals surface area contributed by atoms with E-state index in [2.05, 4.69) is 6.58 Å². The molecule has 2 aromatic rings. The molecule has 0 aliphatic carbocycles. The highest BCUT2D eigenvalue weighted by molar-refractivity contribution is 6.06. The average molecular weight is 256 g/mol. The standard InChI is InChI=1S/C15H12O4/c1-9(2)15(18)19-13-8-7-12(14(16)17)10-5-3-4-6-11(10)13/h3-8H,1H2,2H3,(H,16,17). The molecule has 0 atom stereocenters. The second kappa shape index (κ2) is 4.94. The van der Waals surface area contributed by atoms with Crippen LogP contribution in [0, 0.1) is 0 Å². The largest absolute Gasteiger partial charge is 0.478 e. The number of carbonyl (C=O) groups is 2. The van der Waals surface area contributed by atoms with Gasteiger partial charge in [-0.2, -0.15) is 0 Å². The van der Waals surface area contributed by atoms with Crippen molar-refractivity contribution in [2.24, 2.45) is 0 Å². The Labute approximate surface area is 109 Å². The summed E-state index contributed by atoms with van der Waals surface area (Å²) in [5, 5.41) is 10.2. The number of aromatic carboxylic acids is 1. The fourth-order valence-corrected chi connectivity index (χ4v) is 1.73. The van der Waals surface area contributed by atoms with Crippen LogP contribution in [-0.2, 0) is 4.79 Å². The van der Waals surface area contributed by atoms with Gasteiger partial charge in [-0.15, -0.1) is 0 Å². The lowest BCUT2D eigenvalue weighted by atomic mass is 10.0. The first-order valence-electron chi connectivity index (χ1n) is 5.63. The van der Waals surface area contributed by atoms with Gasteiger partial charge >= 0.3 is 11.9 Å². The molecule has 0 aromatic heterocycles. The number of rotatable bonds is 3. The van der Waals surface area contributed by atoms with Crippen molar-refractivity contribution in [1.82, 2.24) is 0 Å². The maximum atomic E-state index is 11.5. The highest BCUT2D eigenvalue weighted by Crippen LogP contribution is 2.29. The third-order valence-corrected chi connectivity index (χ3v) is 2.67. The van der Waals surface area contributed by atoms with Crippen LogP contribution in [0.3, 0.4) is 0 Å². The predicted octanol–water partition coefficient (Wildman–Crippen LogP) is 3.02. The molecule has 0 spiro atoms. The third-order valence-electron chi connectivity index (χ3n) is 2.67. The van der Waals surface area contributed by atoms with E-state index in [1.54, 1.807) is 31.2 Å². The lowest BCUT2D eigenvalue weighted by Crippen LogP contribution is -2.09. The first kappa shape index (κ1) is 12.8. The zero-order valence-corrected chi connectivity index (χ0v) is 10.3. The summed E-state index contributed by atoms with van der Waals surface area (Å²) < 4.78 is 5.19. The van der Waals surface area contributed by atoms with Gasteiger partial charge in [0, 0.05) is 11.0 Å². The van der Waals surface area contributed by atoms with Crippen LogP contribution < -0.4 is 4.74 Å². The van der Waals surface area contributed by atoms with Gasteiger partial charge < -0.3 is 9.84 Å². The summed E-state index contributed by atoms with van der Waals surface area (Å²) in [7, 11) is 0. The van der Waals surface area contributed by atoms with Crippen molar-refractivity contribution in [2.45, 2.75) is 6.92 Å². The van der Waals surface area contributed by atoms with Gasteiger partial charge in [-0.05, 0) is 24.4 Å². The molecule has 4 nitrogen and oxygen atoms in total. The highest BCUT2D eigenvalue weighted by Gasteiger charge is 2.14. The van der Waals surface area contributed by atoms with E-state index in [0.717, 1.165) is 0 Å². The molecule has 0 radical (unpaired) electrons. The number of hydrogen-bond acceptors (Lipinski definition) is 3. The normalized spacial score (nSPS) is 10.2. The molecule has 0 saturated heterocycles. The molecule has 19 heavy (non-hydrogen) atoms. The highest BCUT2D eigenvalue weighted by atomic mass is 16.5. The van der Waals surface area contributed by atoms with Crippen LogP contribution in [-0.4, -0.2) is 17.0 Å². The van der Waals surface area contributed by atoms with Gasteiger partial charge in [0.1, 0.15) is 5.75 Å². The quantitative estimate of drug-likeness (QED) is 0.521. The van der Waals surface area contributed by atoms with Crippen LogP contribution >= 0.6 is 0 Å². The third kappa shape index (κ3) is 2.47. The minimum absolute atomic E-state index is 0.172. The SMILES string of the molecule is C=C(C)C(=O)Oc1ccc(C(=O)O)c2ccccc12. The first-order valence-corrected chi connectivity index (χ1v) is 5.63. The van der Waals surface area contributed by atoms with E-state index in [-0.39, 0.29) is 11.1 Å². The van der Waals surface area contributed by atoms with Crippen LogP contribution in [0.1, 0.15) is 17.3 Å². The van der Waals surface area contributed by atoms with Crippen molar-refractivity contribution < 1.29 is 19.4 Å². The number of hydrogen-bond donors (Lipinski definition) is 1. The van der Waals surface area contributed by atoms with E-state index in [0.29, 0.717) is 16.5 Å². The molecule has 0 aliphatic heterocycles. The molecule has 0 saturated carbocycles. The van der Waals surface area contributed by atoms with Crippen LogP contribution in [0.4, 0.5) is 0 Å². The van der Waals surface area contributed by atoms with Gasteiger partial charge in [-0.3, -0.25) is 0 Å². The van der Waals surface area contributed by atoms with E-state index in [1.807, 2.05) is 0 Å². The van der Waals surface area contributed by atoms with Crippen molar-refractivity contribution in [3.05, 3.63) is 54.1 Å². The first-order chi connectivity index (χ1) is 9.00. The molecule has 0 aliphatic rings. The summed E-state index contributed by atoms with van der Waals surface area (Å²) >= 11 is 0. The predicted molar refractivity (Wildman–Crippen MR) is 71.4 cm³/mol. The number of carboxylic acid groups (broad SMARTS) is 1. The van der Waals surface area contributed by atoms with Gasteiger partial charge in [0.05, 0.1) is 5.56 Å². The number of benzene rings is 2. The zero-order valence-electron chi connectivity index (χ0n) is 10.3. The van der Waals surface area contributed by atoms with Crippen molar-refractivity contribution in [3.63, 3.8) is 0 Å². The number of ether oxygens (including phenoxy) is 1. The van der Waals surface area contributed by atoms with E-state index < -0.39 is 11.9 Å². The lowest BCUT2D eigenvalue weighted by molar-refractivity contribution is -0.129. The van der Waals surface area contributed by atoms with Crippen molar-refractivity contribution >= 4 is 22.7 Å². The van der Waals surface area contributed by atoms with Gasteiger partial charge in [0.15, 0.2) is 0 Å². The molecule has 0 amide bonds. The van der Waals surface area contributed by atoms with E-state index in [9.17, 15) is 9.59 Å². The minimum Gasteiger partial charge on any atom is -0.478 e. The van der Waals surface area contributed by atoms with Gasteiger partial charge in [-0.25, -0.2) is 9.59 Å². The molecule has 96 valence electrons. The van der Waals surface area contributed by atoms with Crippen LogP contribution in [0.15, 0.2) is 48.6 Å². The summed E-state index contributed by atoms with van der Waals surface area (Å²) in [6, 6.07) is 9.78. The zero-order chi connectivity index (χ0) is 14.0. The molecule has 1 N–H and O–H groups in total. The summed E-state index contributed by atoms with van der Waals surface area (Å²) in [5.41, 5.74) is 0.456. The number of carboxylic acids is 1. The molecule has 0 heterocycles. The Kier molecular flexibility index (Phi) is 3.33. The van der Waals surface area contributed by atoms with E-state index in [4.69, 9.17) is 9.84 Å². The second-order valence-electron chi connectivity index (χ2n) is 4.13. The van der Waals surface area contributed by atoms with Gasteiger partial charge in [0.2, 0.25) is 0 Å². The van der Waals surface area contributed by atoms with Crippen LogP contribution in [0.5, 0.6) is 5.75 Å². The second-order valence-corrected chi connectivity index (χ2v) is 4.13. The Hall–Kier alpha value is -2.62. The van der Waals surface area contributed by atoms with Gasteiger partial charge in [-0.1, -0.05) is 30.8 Å². The van der Waals surface area contributed by atoms with E-state index in [1.165, 1.54) is 12.1 Å². The maximum absolute atomic E-state index is 11.5. The van der Waals surface area contributed by atoms with Crippen LogP contribution in [0.25, 0.3) is 10.8 Å². The minimum atomic E-state index is -1.02. The molecule has 2 aromatic carbocycles. The maximum Gasteiger partial charge on any atom is 0.338 e. The Morgan fingerprint density at radius 1 is 1.11 bits per heavy atom. The molecular weight excluding hydrogens is 244 g/mol. The molecule has 0 unspecified atom stereocenters. The van der Waals surface area contributed by atoms with Crippen LogP contribution in [0.2, 0.25) is 0 Å². The summed E-state index contributed by atoms with van der Waals surface area (Å²) in [5.74, 6) is -1.23. The Morgan fingerprint density at radius 2 is 1.74 bits per heavy atom. The van der Waals surface area contributed by atoms with Crippen molar-refractivity contribution in [2.75, 3.05) is 0 Å². The topological polar surface area (TPSA) is 63.6 Å². The molecule has 4 heteroatoms. The fraction of sp³-hybridized carbons (Fsp3) is 0.0667. The average Bonchev–Trinajstić information content (AvgIpc) is 2.38. The number of fused-ring (bicyclic) bond motifs is 1. The van der Waals surface area contributed by atoms with E-state index >= 15 is 0 Å². The number of esters is 1. The Bertz CT molecular complexity index is 686. The monoisotopic (exact) mass is 256 g/mol. The summed E-state index contributed by atoms with van der Waals surface area (Å²) in [6.45, 7) is 5.06. The fourth-order valence-electron chi connectivity index (χ4n) is 1.73. The molecule has 0 bridgehead atoms. The Morgan fingerprint density at radius 3 is 2.32 bits per heavy atom. The summed E-state index contributed by atoms with van der Waals surface area (Å²) in [4.78, 5) is 22.7.